The summed E-state index contributed by atoms with van der Waals surface area (Å²) in [6, 6.07) is 0. The van der Waals surface area contributed by atoms with Crippen molar-refractivity contribution in [3.63, 3.8) is 0 Å². The van der Waals surface area contributed by atoms with Gasteiger partial charge in [0.2, 0.25) is 0 Å². The van der Waals surface area contributed by atoms with Crippen LogP contribution in [0.4, 0.5) is 0 Å². The lowest BCUT2D eigenvalue weighted by molar-refractivity contribution is -0.167. The number of carbonyl (C=O) groups is 3. The Morgan fingerprint density at radius 2 is 0.480 bits per heavy atom. The highest BCUT2D eigenvalue weighted by Crippen LogP contribution is 2.17. The fraction of sp³-hybridized carbons (Fsp3) is 0.841. The summed E-state index contributed by atoms with van der Waals surface area (Å²) >= 11 is 0. The molecule has 438 valence electrons. The van der Waals surface area contributed by atoms with Crippen LogP contribution in [0.1, 0.15) is 355 Å². The molecule has 0 rings (SSSR count). The standard InChI is InChI=1S/C69H126O6/c1-4-7-10-13-16-19-22-25-28-31-33-34-36-39-41-44-47-50-53-56-59-62-68(71)74-65-66(75-69(72)63-60-57-54-51-48-45-42-37-30-27-24-21-18-15-12-9-6-3)64-73-67(70)61-58-55-52-49-46-43-40-38-35-32-29-26-23-20-17-14-11-8-5-2/h18,21,25,27-28,30,42,45,66H,4-17,19-20,22-24,26,29,31-41,43-44,46-65H2,1-3H3/b21-18-,28-25-,30-27-,45-42-/t66-/m0/s1. The second-order valence-corrected chi connectivity index (χ2v) is 22.4. The maximum atomic E-state index is 12.9. The quantitative estimate of drug-likeness (QED) is 0.0261. The Hall–Kier alpha value is -2.63. The molecule has 0 aliphatic heterocycles. The molecule has 0 saturated carbocycles. The molecule has 0 saturated heterocycles. The van der Waals surface area contributed by atoms with Crippen molar-refractivity contribution in [3.05, 3.63) is 48.6 Å². The highest BCUT2D eigenvalue weighted by molar-refractivity contribution is 5.71. The lowest BCUT2D eigenvalue weighted by atomic mass is 10.0. The van der Waals surface area contributed by atoms with Crippen molar-refractivity contribution in [1.29, 1.82) is 0 Å². The average Bonchev–Trinajstić information content (AvgIpc) is 3.41. The zero-order valence-electron chi connectivity index (χ0n) is 50.3. The van der Waals surface area contributed by atoms with Crippen LogP contribution < -0.4 is 0 Å². The van der Waals surface area contributed by atoms with Gasteiger partial charge in [-0.15, -0.1) is 0 Å². The van der Waals surface area contributed by atoms with E-state index in [1.807, 2.05) is 0 Å². The molecule has 0 aliphatic carbocycles. The van der Waals surface area contributed by atoms with Gasteiger partial charge in [-0.25, -0.2) is 0 Å². The molecular formula is C69H126O6. The minimum atomic E-state index is -0.784. The van der Waals surface area contributed by atoms with E-state index in [-0.39, 0.29) is 31.1 Å². The molecule has 0 spiro atoms. The van der Waals surface area contributed by atoms with Crippen molar-refractivity contribution in [3.8, 4) is 0 Å². The number of ether oxygens (including phenoxy) is 3. The fourth-order valence-corrected chi connectivity index (χ4v) is 9.80. The van der Waals surface area contributed by atoms with Crippen molar-refractivity contribution >= 4 is 17.9 Å². The normalized spacial score (nSPS) is 12.3. The van der Waals surface area contributed by atoms with E-state index in [1.165, 1.54) is 231 Å². The predicted octanol–water partition coefficient (Wildman–Crippen LogP) is 22.6. The third-order valence-electron chi connectivity index (χ3n) is 14.8. The van der Waals surface area contributed by atoms with Crippen LogP contribution in [0.25, 0.3) is 0 Å². The number of esters is 3. The van der Waals surface area contributed by atoms with Gasteiger partial charge in [0.1, 0.15) is 13.2 Å². The zero-order chi connectivity index (χ0) is 54.3. The molecule has 6 heteroatoms. The Bertz CT molecular complexity index is 1300. The summed E-state index contributed by atoms with van der Waals surface area (Å²) in [5.74, 6) is -0.878. The van der Waals surface area contributed by atoms with Crippen molar-refractivity contribution in [2.75, 3.05) is 13.2 Å². The van der Waals surface area contributed by atoms with Gasteiger partial charge in [-0.1, -0.05) is 301 Å². The first kappa shape index (κ1) is 72.4. The highest BCUT2D eigenvalue weighted by Gasteiger charge is 2.19. The molecule has 0 aromatic carbocycles. The predicted molar refractivity (Wildman–Crippen MR) is 325 cm³/mol. The van der Waals surface area contributed by atoms with Crippen molar-refractivity contribution in [2.24, 2.45) is 0 Å². The minimum Gasteiger partial charge on any atom is -0.462 e. The van der Waals surface area contributed by atoms with E-state index in [0.717, 1.165) is 83.5 Å². The molecule has 0 heterocycles. The van der Waals surface area contributed by atoms with Gasteiger partial charge in [-0.2, -0.15) is 0 Å². The lowest BCUT2D eigenvalue weighted by Gasteiger charge is -2.18. The number of hydrogen-bond donors (Lipinski definition) is 0. The third kappa shape index (κ3) is 62.1. The molecule has 0 amide bonds. The van der Waals surface area contributed by atoms with Crippen LogP contribution in [-0.4, -0.2) is 37.2 Å². The van der Waals surface area contributed by atoms with Crippen molar-refractivity contribution in [1.82, 2.24) is 0 Å². The first-order valence-electron chi connectivity index (χ1n) is 33.1. The molecule has 0 aromatic heterocycles. The van der Waals surface area contributed by atoms with E-state index < -0.39 is 6.10 Å². The summed E-state index contributed by atoms with van der Waals surface area (Å²) in [6.07, 6.45) is 79.7. The topological polar surface area (TPSA) is 78.9 Å². The molecule has 1 atom stereocenters. The van der Waals surface area contributed by atoms with Crippen molar-refractivity contribution in [2.45, 2.75) is 361 Å². The Labute approximate surface area is 467 Å². The molecule has 0 aromatic rings. The van der Waals surface area contributed by atoms with E-state index in [1.54, 1.807) is 0 Å². The Morgan fingerprint density at radius 1 is 0.267 bits per heavy atom. The number of rotatable bonds is 61. The summed E-state index contributed by atoms with van der Waals surface area (Å²) in [6.45, 7) is 6.65. The molecule has 0 N–H and O–H groups in total. The maximum Gasteiger partial charge on any atom is 0.306 e. The monoisotopic (exact) mass is 1050 g/mol. The Balaban J connectivity index is 4.35. The second-order valence-electron chi connectivity index (χ2n) is 22.4. The SMILES string of the molecule is CCCCC/C=C\C/C=C\C/C=C\CCCCCCC(=O)O[C@H](COC(=O)CCCCCCCCCCCCC/C=C\CCCCCCCC)COC(=O)CCCCCCCCCCCCCCCCCCCCC. The van der Waals surface area contributed by atoms with Gasteiger partial charge in [0.15, 0.2) is 6.10 Å². The molecule has 0 unspecified atom stereocenters. The average molecular weight is 1050 g/mol. The van der Waals surface area contributed by atoms with Crippen LogP contribution in [-0.2, 0) is 28.6 Å². The number of hydrogen-bond acceptors (Lipinski definition) is 6. The van der Waals surface area contributed by atoms with Gasteiger partial charge in [-0.3, -0.25) is 14.4 Å². The maximum absolute atomic E-state index is 12.9. The van der Waals surface area contributed by atoms with Crippen LogP contribution in [0.15, 0.2) is 48.6 Å². The Morgan fingerprint density at radius 3 is 0.787 bits per heavy atom. The summed E-state index contributed by atoms with van der Waals surface area (Å²) in [7, 11) is 0. The number of unbranched alkanes of at least 4 members (excludes halogenated alkanes) is 42. The molecule has 6 nitrogen and oxygen atoms in total. The lowest BCUT2D eigenvalue weighted by Crippen LogP contribution is -2.30. The smallest absolute Gasteiger partial charge is 0.306 e. The number of carbonyl (C=O) groups excluding carboxylic acids is 3. The van der Waals surface area contributed by atoms with Crippen LogP contribution >= 0.6 is 0 Å². The third-order valence-corrected chi connectivity index (χ3v) is 14.8. The van der Waals surface area contributed by atoms with E-state index >= 15 is 0 Å². The van der Waals surface area contributed by atoms with Gasteiger partial charge in [0.05, 0.1) is 0 Å². The van der Waals surface area contributed by atoms with Crippen LogP contribution in [0.5, 0.6) is 0 Å². The summed E-state index contributed by atoms with van der Waals surface area (Å²) in [4.78, 5) is 38.4. The summed E-state index contributed by atoms with van der Waals surface area (Å²) in [5.41, 5.74) is 0. The van der Waals surface area contributed by atoms with Gasteiger partial charge in [0, 0.05) is 19.3 Å². The molecular weight excluding hydrogens is 925 g/mol. The van der Waals surface area contributed by atoms with Gasteiger partial charge in [0.25, 0.3) is 0 Å². The van der Waals surface area contributed by atoms with E-state index in [4.69, 9.17) is 14.2 Å². The van der Waals surface area contributed by atoms with Crippen LogP contribution in [0.2, 0.25) is 0 Å². The number of allylic oxidation sites excluding steroid dienone is 8. The van der Waals surface area contributed by atoms with Gasteiger partial charge < -0.3 is 14.2 Å². The summed E-state index contributed by atoms with van der Waals surface area (Å²) < 4.78 is 17.0. The molecule has 0 bridgehead atoms. The first-order chi connectivity index (χ1) is 37.0. The zero-order valence-corrected chi connectivity index (χ0v) is 50.3. The molecule has 0 radical (unpaired) electrons. The fourth-order valence-electron chi connectivity index (χ4n) is 9.80. The second kappa shape index (κ2) is 63.9. The largest absolute Gasteiger partial charge is 0.462 e. The van der Waals surface area contributed by atoms with Crippen LogP contribution in [0, 0.1) is 0 Å². The van der Waals surface area contributed by atoms with E-state index in [9.17, 15) is 14.4 Å². The molecule has 0 fully saturated rings. The molecule has 75 heavy (non-hydrogen) atoms. The first-order valence-corrected chi connectivity index (χ1v) is 33.1. The van der Waals surface area contributed by atoms with Gasteiger partial charge in [-0.05, 0) is 83.5 Å². The summed E-state index contributed by atoms with van der Waals surface area (Å²) in [5, 5.41) is 0. The minimum absolute atomic E-state index is 0.0784. The van der Waals surface area contributed by atoms with E-state index in [2.05, 4.69) is 69.4 Å². The highest BCUT2D eigenvalue weighted by atomic mass is 16.6. The van der Waals surface area contributed by atoms with Gasteiger partial charge >= 0.3 is 17.9 Å². The van der Waals surface area contributed by atoms with Crippen molar-refractivity contribution < 1.29 is 28.6 Å². The van der Waals surface area contributed by atoms with Crippen LogP contribution in [0.3, 0.4) is 0 Å². The molecule has 0 aliphatic rings. The van der Waals surface area contributed by atoms with E-state index in [0.29, 0.717) is 19.3 Å². The Kier molecular flexibility index (Phi) is 61.7.